The van der Waals surface area contributed by atoms with E-state index in [9.17, 15) is 0 Å². The minimum atomic E-state index is 0.741. The second-order valence-electron chi connectivity index (χ2n) is 3.15. The minimum absolute atomic E-state index is 0.741. The topological polar surface area (TPSA) is 26.0 Å². The van der Waals surface area contributed by atoms with Gasteiger partial charge in [-0.1, -0.05) is 25.1 Å². The molecule has 0 atom stereocenters. The average molecular weight is 163 g/mol. The molecule has 0 saturated carbocycles. The molecule has 0 saturated heterocycles. The monoisotopic (exact) mass is 163 g/mol. The number of nitrogens with two attached hydrogens (primary N) is 1. The first kappa shape index (κ1) is 9.27. The third-order valence-electron chi connectivity index (χ3n) is 2.22. The summed E-state index contributed by atoms with van der Waals surface area (Å²) in [4.78, 5) is 0. The maximum atomic E-state index is 5.48. The Hall–Kier alpha value is -0.820. The number of aryl methyl sites for hydroxylation is 2. The first-order valence-electron chi connectivity index (χ1n) is 4.56. The summed E-state index contributed by atoms with van der Waals surface area (Å²) in [7, 11) is 0. The van der Waals surface area contributed by atoms with E-state index in [1.54, 1.807) is 0 Å². The van der Waals surface area contributed by atoms with E-state index in [1.165, 1.54) is 16.7 Å². The molecule has 1 heteroatoms. The fourth-order valence-electron chi connectivity index (χ4n) is 1.48. The zero-order chi connectivity index (χ0) is 8.97. The number of rotatable bonds is 3. The van der Waals surface area contributed by atoms with Gasteiger partial charge < -0.3 is 5.73 Å². The van der Waals surface area contributed by atoms with Crippen LogP contribution in [-0.4, -0.2) is 6.54 Å². The molecule has 1 aromatic carbocycles. The van der Waals surface area contributed by atoms with E-state index >= 15 is 0 Å². The molecular weight excluding hydrogens is 146 g/mol. The molecular formula is C11H17N. The Labute approximate surface area is 74.6 Å². The normalized spacial score (nSPS) is 10.2. The largest absolute Gasteiger partial charge is 0.330 e. The van der Waals surface area contributed by atoms with Crippen LogP contribution in [0, 0.1) is 6.92 Å². The highest BCUT2D eigenvalue weighted by atomic mass is 14.5. The second kappa shape index (κ2) is 4.27. The number of hydrogen-bond acceptors (Lipinski definition) is 1. The molecule has 0 bridgehead atoms. The Kier molecular flexibility index (Phi) is 3.30. The van der Waals surface area contributed by atoms with Crippen molar-refractivity contribution < 1.29 is 0 Å². The summed E-state index contributed by atoms with van der Waals surface area (Å²) < 4.78 is 0. The third-order valence-corrected chi connectivity index (χ3v) is 2.22. The molecule has 0 amide bonds. The van der Waals surface area contributed by atoms with Gasteiger partial charge in [0.1, 0.15) is 0 Å². The van der Waals surface area contributed by atoms with Crippen LogP contribution < -0.4 is 5.73 Å². The molecule has 0 aliphatic heterocycles. The fraction of sp³-hybridized carbons (Fsp3) is 0.455. The Balaban J connectivity index is 2.86. The first-order valence-corrected chi connectivity index (χ1v) is 4.56. The summed E-state index contributed by atoms with van der Waals surface area (Å²) in [5.74, 6) is 0. The van der Waals surface area contributed by atoms with Crippen molar-refractivity contribution in [1.82, 2.24) is 0 Å². The molecule has 0 unspecified atom stereocenters. The van der Waals surface area contributed by atoms with Gasteiger partial charge in [0, 0.05) is 0 Å². The van der Waals surface area contributed by atoms with Crippen molar-refractivity contribution in [3.63, 3.8) is 0 Å². The predicted octanol–water partition coefficient (Wildman–Crippen LogP) is 2.06. The van der Waals surface area contributed by atoms with Gasteiger partial charge in [-0.2, -0.15) is 0 Å². The van der Waals surface area contributed by atoms with Crippen molar-refractivity contribution in [1.29, 1.82) is 0 Å². The van der Waals surface area contributed by atoms with Crippen LogP contribution in [0.25, 0.3) is 0 Å². The molecule has 0 fully saturated rings. The van der Waals surface area contributed by atoms with E-state index in [2.05, 4.69) is 32.0 Å². The smallest absolute Gasteiger partial charge is 0.00367 e. The van der Waals surface area contributed by atoms with E-state index in [-0.39, 0.29) is 0 Å². The second-order valence-corrected chi connectivity index (χ2v) is 3.15. The highest BCUT2D eigenvalue weighted by Gasteiger charge is 1.96. The molecule has 0 radical (unpaired) electrons. The van der Waals surface area contributed by atoms with E-state index in [0.29, 0.717) is 0 Å². The van der Waals surface area contributed by atoms with Gasteiger partial charge in [-0.15, -0.1) is 0 Å². The Morgan fingerprint density at radius 1 is 1.33 bits per heavy atom. The molecule has 0 aliphatic rings. The lowest BCUT2D eigenvalue weighted by Crippen LogP contribution is -2.03. The standard InChI is InChI=1S/C11H17N/c1-3-11-5-4-10(6-7-12)8-9(11)2/h4-5,8H,3,6-7,12H2,1-2H3. The third kappa shape index (κ3) is 2.08. The van der Waals surface area contributed by atoms with Gasteiger partial charge in [0.05, 0.1) is 0 Å². The van der Waals surface area contributed by atoms with E-state index in [0.717, 1.165) is 19.4 Å². The van der Waals surface area contributed by atoms with Gasteiger partial charge >= 0.3 is 0 Å². The van der Waals surface area contributed by atoms with E-state index in [4.69, 9.17) is 5.73 Å². The lowest BCUT2D eigenvalue weighted by Gasteiger charge is -2.05. The van der Waals surface area contributed by atoms with Crippen LogP contribution in [-0.2, 0) is 12.8 Å². The lowest BCUT2D eigenvalue weighted by atomic mass is 10.0. The fourth-order valence-corrected chi connectivity index (χ4v) is 1.48. The summed E-state index contributed by atoms with van der Waals surface area (Å²) >= 11 is 0. The molecule has 0 spiro atoms. The van der Waals surface area contributed by atoms with Crippen molar-refractivity contribution in [3.8, 4) is 0 Å². The summed E-state index contributed by atoms with van der Waals surface area (Å²) in [6, 6.07) is 6.63. The summed E-state index contributed by atoms with van der Waals surface area (Å²) in [6.45, 7) is 5.09. The molecule has 12 heavy (non-hydrogen) atoms. The van der Waals surface area contributed by atoms with Gasteiger partial charge in [-0.05, 0) is 43.0 Å². The number of hydrogen-bond donors (Lipinski definition) is 1. The van der Waals surface area contributed by atoms with Crippen LogP contribution in [0.15, 0.2) is 18.2 Å². The highest BCUT2D eigenvalue weighted by molar-refractivity contribution is 5.31. The highest BCUT2D eigenvalue weighted by Crippen LogP contribution is 2.11. The number of benzene rings is 1. The van der Waals surface area contributed by atoms with Gasteiger partial charge in [0.25, 0.3) is 0 Å². The quantitative estimate of drug-likeness (QED) is 0.725. The average Bonchev–Trinajstić information content (AvgIpc) is 2.05. The van der Waals surface area contributed by atoms with Crippen LogP contribution in [0.2, 0.25) is 0 Å². The molecule has 0 aromatic heterocycles. The minimum Gasteiger partial charge on any atom is -0.330 e. The van der Waals surface area contributed by atoms with Crippen LogP contribution in [0.1, 0.15) is 23.6 Å². The predicted molar refractivity (Wildman–Crippen MR) is 53.3 cm³/mol. The van der Waals surface area contributed by atoms with E-state index in [1.807, 2.05) is 0 Å². The molecule has 1 aromatic rings. The van der Waals surface area contributed by atoms with Crippen LogP contribution in [0.4, 0.5) is 0 Å². The van der Waals surface area contributed by atoms with Gasteiger partial charge in [0.15, 0.2) is 0 Å². The van der Waals surface area contributed by atoms with Gasteiger partial charge in [-0.25, -0.2) is 0 Å². The maximum Gasteiger partial charge on any atom is -0.00367 e. The molecule has 0 aliphatic carbocycles. The molecule has 1 rings (SSSR count). The Bertz CT molecular complexity index is 253. The van der Waals surface area contributed by atoms with Crippen molar-refractivity contribution in [2.24, 2.45) is 5.73 Å². The Morgan fingerprint density at radius 2 is 2.08 bits per heavy atom. The molecule has 2 N–H and O–H groups in total. The summed E-state index contributed by atoms with van der Waals surface area (Å²) in [6.07, 6.45) is 2.11. The van der Waals surface area contributed by atoms with Crippen LogP contribution in [0.5, 0.6) is 0 Å². The first-order chi connectivity index (χ1) is 5.77. The maximum absolute atomic E-state index is 5.48. The summed E-state index contributed by atoms with van der Waals surface area (Å²) in [5.41, 5.74) is 9.67. The molecule has 0 heterocycles. The van der Waals surface area contributed by atoms with Gasteiger partial charge in [0.2, 0.25) is 0 Å². The van der Waals surface area contributed by atoms with Crippen molar-refractivity contribution >= 4 is 0 Å². The molecule has 66 valence electrons. The Morgan fingerprint density at radius 3 is 2.58 bits per heavy atom. The summed E-state index contributed by atoms with van der Waals surface area (Å²) in [5, 5.41) is 0. The van der Waals surface area contributed by atoms with Crippen LogP contribution in [0.3, 0.4) is 0 Å². The van der Waals surface area contributed by atoms with E-state index < -0.39 is 0 Å². The zero-order valence-electron chi connectivity index (χ0n) is 7.93. The van der Waals surface area contributed by atoms with Crippen molar-refractivity contribution in [2.75, 3.05) is 6.54 Å². The van der Waals surface area contributed by atoms with Crippen LogP contribution >= 0.6 is 0 Å². The van der Waals surface area contributed by atoms with Gasteiger partial charge in [-0.3, -0.25) is 0 Å². The zero-order valence-corrected chi connectivity index (χ0v) is 7.93. The van der Waals surface area contributed by atoms with Crippen molar-refractivity contribution in [3.05, 3.63) is 34.9 Å². The lowest BCUT2D eigenvalue weighted by molar-refractivity contribution is 0.961. The SMILES string of the molecule is CCc1ccc(CCN)cc1C. The van der Waals surface area contributed by atoms with Crippen molar-refractivity contribution in [2.45, 2.75) is 26.7 Å². The molecule has 1 nitrogen and oxygen atoms in total.